The minimum Gasteiger partial charge on any atom is -0.507 e. The summed E-state index contributed by atoms with van der Waals surface area (Å²) in [5.74, 6) is 0.498. The second-order valence-corrected chi connectivity index (χ2v) is 7.34. The lowest BCUT2D eigenvalue weighted by Crippen LogP contribution is -2.51. The summed E-state index contributed by atoms with van der Waals surface area (Å²) in [6.45, 7) is 1.72. The van der Waals surface area contributed by atoms with Gasteiger partial charge < -0.3 is 15.2 Å². The molecule has 150 valence electrons. The lowest BCUT2D eigenvalue weighted by atomic mass is 10.0. The summed E-state index contributed by atoms with van der Waals surface area (Å²) in [7, 11) is 0. The third-order valence-electron chi connectivity index (χ3n) is 5.33. The van der Waals surface area contributed by atoms with Gasteiger partial charge in [-0.2, -0.15) is 0 Å². The van der Waals surface area contributed by atoms with E-state index in [1.54, 1.807) is 19.1 Å². The Hall–Kier alpha value is -3.21. The quantitative estimate of drug-likeness (QED) is 0.666. The molecule has 2 aliphatic heterocycles. The molecular formula is C18H19FN8O2. The first-order valence-corrected chi connectivity index (χ1v) is 9.44. The number of hydrogen-bond acceptors (Lipinski definition) is 9. The summed E-state index contributed by atoms with van der Waals surface area (Å²) >= 11 is 0. The van der Waals surface area contributed by atoms with Gasteiger partial charge in [-0.25, -0.2) is 9.37 Å². The second-order valence-electron chi connectivity index (χ2n) is 7.34. The first-order valence-electron chi connectivity index (χ1n) is 9.44. The molecule has 4 atom stereocenters. The van der Waals surface area contributed by atoms with E-state index >= 15 is 0 Å². The minimum atomic E-state index is -1.09. The van der Waals surface area contributed by atoms with Gasteiger partial charge in [0.15, 0.2) is 12.0 Å². The van der Waals surface area contributed by atoms with Crippen molar-refractivity contribution >= 4 is 0 Å². The molecule has 1 aromatic carbocycles. The van der Waals surface area contributed by atoms with Crippen LogP contribution in [-0.4, -0.2) is 64.9 Å². The van der Waals surface area contributed by atoms with Gasteiger partial charge >= 0.3 is 6.01 Å². The average molecular weight is 398 g/mol. The Morgan fingerprint density at radius 2 is 2.14 bits per heavy atom. The van der Waals surface area contributed by atoms with E-state index < -0.39 is 12.3 Å². The normalized spacial score (nSPS) is 25.9. The van der Waals surface area contributed by atoms with E-state index in [-0.39, 0.29) is 23.8 Å². The number of halogens is 1. The monoisotopic (exact) mass is 398 g/mol. The number of nitrogens with zero attached hydrogens (tertiary/aromatic N) is 7. The number of piperidine rings is 1. The number of nitrogens with one attached hydrogen (secondary N) is 1. The second kappa shape index (κ2) is 6.99. The van der Waals surface area contributed by atoms with E-state index in [0.717, 1.165) is 12.8 Å². The molecule has 2 saturated heterocycles. The van der Waals surface area contributed by atoms with E-state index in [9.17, 15) is 9.50 Å². The highest BCUT2D eigenvalue weighted by molar-refractivity contribution is 5.67. The Morgan fingerprint density at radius 1 is 1.24 bits per heavy atom. The third kappa shape index (κ3) is 3.37. The van der Waals surface area contributed by atoms with E-state index in [4.69, 9.17) is 4.74 Å². The Kier molecular flexibility index (Phi) is 4.31. The molecule has 0 aliphatic carbocycles. The summed E-state index contributed by atoms with van der Waals surface area (Å²) in [5, 5.41) is 33.5. The molecule has 2 bridgehead atoms. The lowest BCUT2D eigenvalue weighted by molar-refractivity contribution is 0.0386. The van der Waals surface area contributed by atoms with Crippen molar-refractivity contribution in [2.24, 2.45) is 0 Å². The van der Waals surface area contributed by atoms with E-state index in [2.05, 4.69) is 35.9 Å². The standard InChI is InChI=1S/C18H19FN8O2/c1-9-22-26-27(25-9)11-3-4-12(15(28)7-11)14-8-20-18(24-23-14)29-16-6-10-2-5-13(21-10)17(16)19/h3-4,7-8,10,13,16-17,21,28H,2,5-6H2,1H3/t10-,13+,16-,17-/m1/s1. The van der Waals surface area contributed by atoms with Crippen LogP contribution in [0.1, 0.15) is 25.1 Å². The molecule has 3 aromatic rings. The number of phenols is 1. The molecule has 5 rings (SSSR count). The molecule has 29 heavy (non-hydrogen) atoms. The minimum absolute atomic E-state index is 0.0269. The molecule has 0 amide bonds. The van der Waals surface area contributed by atoms with Crippen LogP contribution < -0.4 is 10.1 Å². The molecule has 11 heteroatoms. The first-order chi connectivity index (χ1) is 14.1. The van der Waals surface area contributed by atoms with Crippen molar-refractivity contribution in [1.29, 1.82) is 0 Å². The van der Waals surface area contributed by atoms with Gasteiger partial charge in [0.2, 0.25) is 0 Å². The van der Waals surface area contributed by atoms with Gasteiger partial charge in [-0.3, -0.25) is 0 Å². The number of phenolic OH excluding ortho intramolecular Hbond substituents is 1. The van der Waals surface area contributed by atoms with Crippen molar-refractivity contribution < 1.29 is 14.2 Å². The summed E-state index contributed by atoms with van der Waals surface area (Å²) in [6.07, 6.45) is 2.14. The largest absolute Gasteiger partial charge is 0.507 e. The SMILES string of the molecule is Cc1nnn(-c2ccc(-c3cnc(O[C@@H]4C[C@H]5CC[C@H](N5)[C@H]4F)nn3)c(O)c2)n1. The number of benzene rings is 1. The fourth-order valence-electron chi connectivity index (χ4n) is 3.90. The van der Waals surface area contributed by atoms with Crippen LogP contribution in [0.5, 0.6) is 11.8 Å². The van der Waals surface area contributed by atoms with Gasteiger partial charge in [0.1, 0.15) is 17.5 Å². The number of aromatic hydroxyl groups is 1. The Balaban J connectivity index is 1.32. The van der Waals surface area contributed by atoms with Crippen LogP contribution in [0.2, 0.25) is 0 Å². The third-order valence-corrected chi connectivity index (χ3v) is 5.33. The number of hydrogen-bond donors (Lipinski definition) is 2. The van der Waals surface area contributed by atoms with E-state index in [1.165, 1.54) is 17.1 Å². The van der Waals surface area contributed by atoms with Crippen LogP contribution in [0.3, 0.4) is 0 Å². The number of aromatic nitrogens is 7. The first kappa shape index (κ1) is 17.9. The Labute approximate surface area is 165 Å². The maximum Gasteiger partial charge on any atom is 0.336 e. The number of ether oxygens (including phenoxy) is 1. The zero-order chi connectivity index (χ0) is 20.0. The predicted molar refractivity (Wildman–Crippen MR) is 98.3 cm³/mol. The van der Waals surface area contributed by atoms with Gasteiger partial charge in [0.25, 0.3) is 0 Å². The molecule has 0 radical (unpaired) electrons. The molecule has 4 heterocycles. The number of fused-ring (bicyclic) bond motifs is 2. The van der Waals surface area contributed by atoms with Crippen molar-refractivity contribution in [2.75, 3.05) is 0 Å². The average Bonchev–Trinajstić information content (AvgIpc) is 3.33. The summed E-state index contributed by atoms with van der Waals surface area (Å²) in [6, 6.07) is 5.04. The van der Waals surface area contributed by atoms with Crippen LogP contribution in [0.4, 0.5) is 4.39 Å². The van der Waals surface area contributed by atoms with E-state index in [1.807, 2.05) is 0 Å². The fraction of sp³-hybridized carbons (Fsp3) is 0.444. The van der Waals surface area contributed by atoms with Crippen LogP contribution in [0.15, 0.2) is 24.4 Å². The van der Waals surface area contributed by atoms with Gasteiger partial charge in [0.05, 0.1) is 11.9 Å². The van der Waals surface area contributed by atoms with Crippen molar-refractivity contribution in [1.82, 2.24) is 40.7 Å². The van der Waals surface area contributed by atoms with E-state index in [0.29, 0.717) is 29.2 Å². The molecular weight excluding hydrogens is 379 g/mol. The highest BCUT2D eigenvalue weighted by Crippen LogP contribution is 2.32. The molecule has 2 N–H and O–H groups in total. The maximum absolute atomic E-state index is 14.5. The van der Waals surface area contributed by atoms with Crippen LogP contribution in [-0.2, 0) is 0 Å². The van der Waals surface area contributed by atoms with Crippen molar-refractivity contribution in [3.8, 4) is 28.7 Å². The molecule has 2 aliphatic rings. The predicted octanol–water partition coefficient (Wildman–Crippen LogP) is 1.14. The highest BCUT2D eigenvalue weighted by Gasteiger charge is 2.43. The van der Waals surface area contributed by atoms with Gasteiger partial charge in [-0.1, -0.05) is 5.10 Å². The number of tetrazole rings is 1. The number of rotatable bonds is 4. The van der Waals surface area contributed by atoms with Crippen LogP contribution in [0, 0.1) is 6.92 Å². The topological polar surface area (TPSA) is 124 Å². The molecule has 0 unspecified atom stereocenters. The molecule has 2 fully saturated rings. The lowest BCUT2D eigenvalue weighted by Gasteiger charge is -2.31. The van der Waals surface area contributed by atoms with Gasteiger partial charge in [-0.15, -0.1) is 20.1 Å². The number of alkyl halides is 1. The Bertz CT molecular complexity index is 1030. The molecule has 10 nitrogen and oxygen atoms in total. The summed E-state index contributed by atoms with van der Waals surface area (Å²) < 4.78 is 20.1. The van der Waals surface area contributed by atoms with Crippen molar-refractivity contribution in [2.45, 2.75) is 50.5 Å². The summed E-state index contributed by atoms with van der Waals surface area (Å²) in [4.78, 5) is 5.46. The molecule has 0 spiro atoms. The van der Waals surface area contributed by atoms with Crippen molar-refractivity contribution in [3.05, 3.63) is 30.2 Å². The summed E-state index contributed by atoms with van der Waals surface area (Å²) in [5.41, 5.74) is 1.37. The molecule has 0 saturated carbocycles. The van der Waals surface area contributed by atoms with Crippen LogP contribution in [0.25, 0.3) is 16.9 Å². The Morgan fingerprint density at radius 3 is 2.86 bits per heavy atom. The zero-order valence-electron chi connectivity index (χ0n) is 15.6. The van der Waals surface area contributed by atoms with Gasteiger partial charge in [0, 0.05) is 30.1 Å². The van der Waals surface area contributed by atoms with Crippen molar-refractivity contribution in [3.63, 3.8) is 0 Å². The highest BCUT2D eigenvalue weighted by atomic mass is 19.1. The zero-order valence-corrected chi connectivity index (χ0v) is 15.6. The maximum atomic E-state index is 14.5. The number of aryl methyl sites for hydroxylation is 1. The fourth-order valence-corrected chi connectivity index (χ4v) is 3.90. The van der Waals surface area contributed by atoms with Gasteiger partial charge in [-0.05, 0) is 37.1 Å². The molecule has 2 aromatic heterocycles. The van der Waals surface area contributed by atoms with Crippen LogP contribution >= 0.6 is 0 Å². The smallest absolute Gasteiger partial charge is 0.336 e.